The standard InChI is InChI=1S/C19H21FN4O2/c1-12-16(10-14-5-4-6-15(20)9-14)13(2)24-18(23-12)17(11-22-24)19(25)21-7-8-26-3/h4-6,9,11H,7-8,10H2,1-3H3,(H,21,25). The number of aryl methyl sites for hydroxylation is 2. The lowest BCUT2D eigenvalue weighted by Gasteiger charge is -2.12. The lowest BCUT2D eigenvalue weighted by molar-refractivity contribution is 0.0938. The van der Waals surface area contributed by atoms with Gasteiger partial charge in [-0.25, -0.2) is 13.9 Å². The summed E-state index contributed by atoms with van der Waals surface area (Å²) in [7, 11) is 1.58. The molecule has 1 amide bonds. The van der Waals surface area contributed by atoms with E-state index < -0.39 is 0 Å². The molecule has 7 heteroatoms. The summed E-state index contributed by atoms with van der Waals surface area (Å²) in [6.07, 6.45) is 2.07. The van der Waals surface area contributed by atoms with E-state index in [1.807, 2.05) is 19.9 Å². The lowest BCUT2D eigenvalue weighted by Crippen LogP contribution is -2.27. The summed E-state index contributed by atoms with van der Waals surface area (Å²) in [5, 5.41) is 7.10. The van der Waals surface area contributed by atoms with Crippen LogP contribution in [0.15, 0.2) is 30.5 Å². The summed E-state index contributed by atoms with van der Waals surface area (Å²) < 4.78 is 20.1. The number of fused-ring (bicyclic) bond motifs is 1. The maximum Gasteiger partial charge on any atom is 0.256 e. The second kappa shape index (κ2) is 7.61. The van der Waals surface area contributed by atoms with Crippen LogP contribution in [0, 0.1) is 19.7 Å². The predicted molar refractivity (Wildman–Crippen MR) is 95.9 cm³/mol. The molecule has 2 aromatic heterocycles. The summed E-state index contributed by atoms with van der Waals surface area (Å²) in [6.45, 7) is 4.67. The molecule has 1 aromatic carbocycles. The molecule has 3 aromatic rings. The molecule has 26 heavy (non-hydrogen) atoms. The van der Waals surface area contributed by atoms with Gasteiger partial charge in [-0.2, -0.15) is 5.10 Å². The minimum Gasteiger partial charge on any atom is -0.383 e. The zero-order valence-electron chi connectivity index (χ0n) is 15.0. The Bertz CT molecular complexity index is 952. The van der Waals surface area contributed by atoms with Crippen LogP contribution in [-0.4, -0.2) is 40.8 Å². The summed E-state index contributed by atoms with van der Waals surface area (Å²) in [5.74, 6) is -0.498. The molecule has 2 heterocycles. The number of carbonyl (C=O) groups excluding carboxylic acids is 1. The first kappa shape index (κ1) is 18.0. The number of halogens is 1. The summed E-state index contributed by atoms with van der Waals surface area (Å²) in [5.41, 5.74) is 4.44. The van der Waals surface area contributed by atoms with E-state index in [9.17, 15) is 9.18 Å². The zero-order valence-corrected chi connectivity index (χ0v) is 15.0. The SMILES string of the molecule is COCCNC(=O)c1cnn2c(C)c(Cc3cccc(F)c3)c(C)nc12. The first-order valence-electron chi connectivity index (χ1n) is 8.36. The molecule has 0 aliphatic rings. The van der Waals surface area contributed by atoms with Gasteiger partial charge in [0.25, 0.3) is 5.91 Å². The quantitative estimate of drug-likeness (QED) is 0.689. The molecule has 0 saturated heterocycles. The van der Waals surface area contributed by atoms with Gasteiger partial charge in [0, 0.05) is 31.5 Å². The van der Waals surface area contributed by atoms with Crippen LogP contribution < -0.4 is 5.32 Å². The van der Waals surface area contributed by atoms with E-state index in [1.165, 1.54) is 18.3 Å². The van der Waals surface area contributed by atoms with Gasteiger partial charge in [0.15, 0.2) is 5.65 Å². The zero-order chi connectivity index (χ0) is 18.7. The molecular weight excluding hydrogens is 335 g/mol. The first-order valence-corrected chi connectivity index (χ1v) is 8.36. The largest absolute Gasteiger partial charge is 0.383 e. The molecule has 0 spiro atoms. The van der Waals surface area contributed by atoms with Gasteiger partial charge in [0.05, 0.1) is 12.8 Å². The fourth-order valence-corrected chi connectivity index (χ4v) is 2.94. The summed E-state index contributed by atoms with van der Waals surface area (Å²) in [6, 6.07) is 6.51. The average molecular weight is 356 g/mol. The van der Waals surface area contributed by atoms with Crippen molar-refractivity contribution in [3.8, 4) is 0 Å². The highest BCUT2D eigenvalue weighted by atomic mass is 19.1. The van der Waals surface area contributed by atoms with Crippen LogP contribution in [0.25, 0.3) is 5.65 Å². The van der Waals surface area contributed by atoms with Crippen molar-refractivity contribution >= 4 is 11.6 Å². The minimum atomic E-state index is -0.263. The van der Waals surface area contributed by atoms with Gasteiger partial charge < -0.3 is 10.1 Å². The molecule has 1 N–H and O–H groups in total. The van der Waals surface area contributed by atoms with Crippen molar-refractivity contribution in [2.24, 2.45) is 0 Å². The highest BCUT2D eigenvalue weighted by molar-refractivity contribution is 5.99. The Labute approximate surface area is 151 Å². The molecule has 0 atom stereocenters. The number of rotatable bonds is 6. The van der Waals surface area contributed by atoms with Crippen LogP contribution in [0.4, 0.5) is 4.39 Å². The van der Waals surface area contributed by atoms with Crippen molar-refractivity contribution in [2.75, 3.05) is 20.3 Å². The molecule has 0 bridgehead atoms. The van der Waals surface area contributed by atoms with E-state index in [4.69, 9.17) is 4.74 Å². The van der Waals surface area contributed by atoms with E-state index in [-0.39, 0.29) is 11.7 Å². The Kier molecular flexibility index (Phi) is 5.27. The van der Waals surface area contributed by atoms with Crippen molar-refractivity contribution in [3.63, 3.8) is 0 Å². The molecular formula is C19H21FN4O2. The van der Waals surface area contributed by atoms with E-state index in [2.05, 4.69) is 15.4 Å². The maximum absolute atomic E-state index is 13.5. The van der Waals surface area contributed by atoms with E-state index in [0.29, 0.717) is 30.8 Å². The minimum absolute atomic E-state index is 0.235. The second-order valence-electron chi connectivity index (χ2n) is 6.11. The topological polar surface area (TPSA) is 68.5 Å². The molecule has 6 nitrogen and oxygen atoms in total. The predicted octanol–water partition coefficient (Wildman–Crippen LogP) is 2.45. The van der Waals surface area contributed by atoms with Crippen LogP contribution in [0.3, 0.4) is 0 Å². The van der Waals surface area contributed by atoms with E-state index in [1.54, 1.807) is 17.7 Å². The van der Waals surface area contributed by atoms with Crippen molar-refractivity contribution < 1.29 is 13.9 Å². The van der Waals surface area contributed by atoms with E-state index >= 15 is 0 Å². The van der Waals surface area contributed by atoms with Crippen LogP contribution >= 0.6 is 0 Å². The van der Waals surface area contributed by atoms with Gasteiger partial charge in [0.1, 0.15) is 11.4 Å². The molecule has 0 aliphatic heterocycles. The number of nitrogens with one attached hydrogen (secondary N) is 1. The number of benzene rings is 1. The molecule has 0 radical (unpaired) electrons. The van der Waals surface area contributed by atoms with Gasteiger partial charge in [-0.15, -0.1) is 0 Å². The Balaban J connectivity index is 1.95. The van der Waals surface area contributed by atoms with Gasteiger partial charge in [0.2, 0.25) is 0 Å². The normalized spacial score (nSPS) is 11.1. The van der Waals surface area contributed by atoms with Gasteiger partial charge in [-0.3, -0.25) is 4.79 Å². The molecule has 0 fully saturated rings. The maximum atomic E-state index is 13.5. The van der Waals surface area contributed by atoms with Crippen LogP contribution in [0.5, 0.6) is 0 Å². The molecule has 0 aliphatic carbocycles. The number of carbonyl (C=O) groups is 1. The fourth-order valence-electron chi connectivity index (χ4n) is 2.94. The number of amides is 1. The third-order valence-electron chi connectivity index (χ3n) is 4.31. The molecule has 136 valence electrons. The Morgan fingerprint density at radius 2 is 2.15 bits per heavy atom. The summed E-state index contributed by atoms with van der Waals surface area (Å²) in [4.78, 5) is 16.9. The van der Waals surface area contributed by atoms with Crippen molar-refractivity contribution in [3.05, 3.63) is 64.4 Å². The Morgan fingerprint density at radius 3 is 2.88 bits per heavy atom. The number of methoxy groups -OCH3 is 1. The number of hydrogen-bond acceptors (Lipinski definition) is 4. The Hall–Kier alpha value is -2.80. The highest BCUT2D eigenvalue weighted by Gasteiger charge is 2.18. The first-order chi connectivity index (χ1) is 12.5. The van der Waals surface area contributed by atoms with Crippen LogP contribution in [0.2, 0.25) is 0 Å². The molecule has 0 saturated carbocycles. The van der Waals surface area contributed by atoms with Gasteiger partial charge >= 0.3 is 0 Å². The van der Waals surface area contributed by atoms with Crippen molar-refractivity contribution in [1.29, 1.82) is 0 Å². The third-order valence-corrected chi connectivity index (χ3v) is 4.31. The van der Waals surface area contributed by atoms with Crippen molar-refractivity contribution in [1.82, 2.24) is 19.9 Å². The lowest BCUT2D eigenvalue weighted by atomic mass is 10.0. The third kappa shape index (κ3) is 3.57. The Morgan fingerprint density at radius 1 is 1.35 bits per heavy atom. The molecule has 3 rings (SSSR count). The van der Waals surface area contributed by atoms with Crippen LogP contribution in [-0.2, 0) is 11.2 Å². The van der Waals surface area contributed by atoms with Crippen LogP contribution in [0.1, 0.15) is 32.9 Å². The average Bonchev–Trinajstić information content (AvgIpc) is 3.02. The number of ether oxygens (including phenoxy) is 1. The monoisotopic (exact) mass is 356 g/mol. The van der Waals surface area contributed by atoms with Gasteiger partial charge in [-0.1, -0.05) is 12.1 Å². The van der Waals surface area contributed by atoms with Crippen molar-refractivity contribution in [2.45, 2.75) is 20.3 Å². The smallest absolute Gasteiger partial charge is 0.256 e. The number of aromatic nitrogens is 3. The van der Waals surface area contributed by atoms with E-state index in [0.717, 1.165) is 22.5 Å². The summed E-state index contributed by atoms with van der Waals surface area (Å²) >= 11 is 0. The number of nitrogens with zero attached hydrogens (tertiary/aromatic N) is 3. The highest BCUT2D eigenvalue weighted by Crippen LogP contribution is 2.20. The molecule has 0 unspecified atom stereocenters. The number of hydrogen-bond donors (Lipinski definition) is 1. The fraction of sp³-hybridized carbons (Fsp3) is 0.316. The van der Waals surface area contributed by atoms with Gasteiger partial charge in [-0.05, 0) is 37.1 Å². The second-order valence-corrected chi connectivity index (χ2v) is 6.11.